The Bertz CT molecular complexity index is 1000. The molecule has 8 heteroatoms. The van der Waals surface area contributed by atoms with Crippen LogP contribution in [0.1, 0.15) is 9.68 Å². The molecule has 0 bridgehead atoms. The molecular weight excluding hydrogens is 319 g/mol. The number of likely N-dealkylation sites (N-methyl/N-ethyl adjacent to an activating group) is 1. The second-order valence-corrected chi connectivity index (χ2v) is 6.39. The minimum Gasteiger partial charge on any atom is -0.505 e. The molecule has 1 aliphatic heterocycles. The van der Waals surface area contributed by atoms with E-state index < -0.39 is 39.3 Å². The van der Waals surface area contributed by atoms with E-state index in [-0.39, 0.29) is 15.7 Å². The van der Waals surface area contributed by atoms with Gasteiger partial charge >= 0.3 is 0 Å². The number of hydrogen-bond donors (Lipinski definition) is 2. The number of aromatic nitrogens is 1. The molecule has 0 atom stereocenters. The van der Waals surface area contributed by atoms with Gasteiger partial charge in [0.25, 0.3) is 15.9 Å². The zero-order chi connectivity index (χ0) is 19.1. The van der Waals surface area contributed by atoms with E-state index in [0.29, 0.717) is 0 Å². The molecule has 1 aromatic carbocycles. The quantitative estimate of drug-likeness (QED) is 0.812. The van der Waals surface area contributed by atoms with Gasteiger partial charge in [0.05, 0.1) is 4.90 Å². The van der Waals surface area contributed by atoms with Gasteiger partial charge in [0.2, 0.25) is 0 Å². The minimum atomic E-state index is -4.59. The van der Waals surface area contributed by atoms with Crippen LogP contribution < -0.4 is 5.32 Å². The second kappa shape index (κ2) is 5.40. The van der Waals surface area contributed by atoms with Crippen molar-refractivity contribution in [3.63, 3.8) is 0 Å². The topological polar surface area (TPSA) is 99.6 Å². The monoisotopic (exact) mass is 335 g/mol. The molecule has 1 aromatic heterocycles. The summed E-state index contributed by atoms with van der Waals surface area (Å²) in [5.74, 6) is -1.80. The van der Waals surface area contributed by atoms with Gasteiger partial charge in [-0.2, -0.15) is 0 Å². The fourth-order valence-electron chi connectivity index (χ4n) is 2.14. The first-order valence-corrected chi connectivity index (χ1v) is 7.88. The number of anilines is 1. The highest BCUT2D eigenvalue weighted by atomic mass is 32.2. The highest BCUT2D eigenvalue weighted by molar-refractivity contribution is 7.89. The van der Waals surface area contributed by atoms with Crippen LogP contribution in [0.2, 0.25) is 0 Å². The number of nitrogens with zero attached hydrogens (tertiary/aromatic N) is 2. The van der Waals surface area contributed by atoms with Gasteiger partial charge < -0.3 is 10.4 Å². The molecule has 0 spiro atoms. The first-order valence-electron chi connectivity index (χ1n) is 7.94. The number of pyridine rings is 1. The standard InChI is InChI=1S/C15H13N3O4S/c1-18-13(15(20)17-12-8-4-5-9-16-12)14(19)10-6-2-3-7-11(10)23(18,21)22/h2-9,19H,1H3,(H,16,17,20)/i1+1D3. The van der Waals surface area contributed by atoms with Gasteiger partial charge in [-0.15, -0.1) is 0 Å². The van der Waals surface area contributed by atoms with E-state index in [4.69, 9.17) is 4.11 Å². The van der Waals surface area contributed by atoms with E-state index in [1.54, 1.807) is 12.1 Å². The van der Waals surface area contributed by atoms with Crippen LogP contribution in [0.15, 0.2) is 59.3 Å². The third-order valence-electron chi connectivity index (χ3n) is 3.21. The first-order chi connectivity index (χ1) is 12.1. The number of amides is 1. The van der Waals surface area contributed by atoms with Gasteiger partial charge in [0.1, 0.15) is 5.82 Å². The van der Waals surface area contributed by atoms with Crippen LogP contribution >= 0.6 is 0 Å². The van der Waals surface area contributed by atoms with Gasteiger partial charge in [0, 0.05) is 22.8 Å². The number of sulfonamides is 1. The molecule has 1 amide bonds. The Morgan fingerprint density at radius 2 is 2.00 bits per heavy atom. The number of aliphatic hydroxyl groups excluding tert-OH is 1. The molecule has 0 aliphatic carbocycles. The van der Waals surface area contributed by atoms with E-state index in [1.165, 1.54) is 30.5 Å². The predicted octanol–water partition coefficient (Wildman–Crippen LogP) is 1.58. The molecule has 23 heavy (non-hydrogen) atoms. The second-order valence-electron chi connectivity index (χ2n) is 4.63. The molecule has 0 fully saturated rings. The Kier molecular flexibility index (Phi) is 2.74. The van der Waals surface area contributed by atoms with Crippen molar-refractivity contribution in [2.24, 2.45) is 0 Å². The van der Waals surface area contributed by atoms with Gasteiger partial charge in [-0.25, -0.2) is 13.4 Å². The average molecular weight is 335 g/mol. The molecule has 1 aliphatic rings. The maximum atomic E-state index is 12.8. The molecule has 7 nitrogen and oxygen atoms in total. The van der Waals surface area contributed by atoms with E-state index in [0.717, 1.165) is 6.07 Å². The van der Waals surface area contributed by atoms with Gasteiger partial charge in [-0.1, -0.05) is 18.2 Å². The summed E-state index contributed by atoms with van der Waals surface area (Å²) in [5, 5.41) is 12.8. The molecule has 0 radical (unpaired) electrons. The average Bonchev–Trinajstić information content (AvgIpc) is 2.57. The summed E-state index contributed by atoms with van der Waals surface area (Å²) in [5.41, 5.74) is -1.05. The Morgan fingerprint density at radius 1 is 1.26 bits per heavy atom. The lowest BCUT2D eigenvalue weighted by Gasteiger charge is -2.28. The summed E-state index contributed by atoms with van der Waals surface area (Å²) >= 11 is 0. The van der Waals surface area contributed by atoms with Crippen LogP contribution in [0.25, 0.3) is 5.76 Å². The maximum absolute atomic E-state index is 12.8. The van der Waals surface area contributed by atoms with Crippen LogP contribution in [0.3, 0.4) is 0 Å². The Balaban J connectivity index is 2.20. The van der Waals surface area contributed by atoms with Gasteiger partial charge in [-0.05, 0) is 24.3 Å². The lowest BCUT2D eigenvalue weighted by molar-refractivity contribution is -0.113. The number of aliphatic hydroxyl groups is 1. The van der Waals surface area contributed by atoms with Crippen molar-refractivity contribution in [2.75, 3.05) is 12.3 Å². The first kappa shape index (κ1) is 11.7. The van der Waals surface area contributed by atoms with Crippen molar-refractivity contribution in [1.29, 1.82) is 0 Å². The van der Waals surface area contributed by atoms with Gasteiger partial charge in [-0.3, -0.25) is 9.10 Å². The number of fused-ring (bicyclic) bond motifs is 1. The van der Waals surface area contributed by atoms with Crippen LogP contribution in [-0.2, 0) is 14.8 Å². The predicted molar refractivity (Wildman–Crippen MR) is 83.8 cm³/mol. The van der Waals surface area contributed by atoms with Crippen molar-refractivity contribution in [3.8, 4) is 0 Å². The van der Waals surface area contributed by atoms with Crippen molar-refractivity contribution in [2.45, 2.75) is 4.90 Å². The Hall–Kier alpha value is -2.87. The van der Waals surface area contributed by atoms with Crippen molar-refractivity contribution in [1.82, 2.24) is 9.29 Å². The molecule has 3 rings (SSSR count). The Labute approximate surface area is 137 Å². The number of carbonyl (C=O) groups excluding carboxylic acids is 1. The molecular formula is C15H13N3O4S. The maximum Gasteiger partial charge on any atom is 0.277 e. The largest absolute Gasteiger partial charge is 0.505 e. The number of nitrogens with one attached hydrogen (secondary N) is 1. The van der Waals surface area contributed by atoms with Crippen molar-refractivity contribution in [3.05, 3.63) is 59.9 Å². The normalized spacial score (nSPS) is 18.4. The SMILES string of the molecule is [2H][13C]([2H])([2H])N1C(C(=O)Nc2ccccn2)=C(O)c2ccccc2S1(=O)=O. The summed E-state index contributed by atoms with van der Waals surface area (Å²) in [7, 11) is -4.59. The zero-order valence-corrected chi connectivity index (χ0v) is 12.4. The van der Waals surface area contributed by atoms with E-state index in [1.807, 2.05) is 0 Å². The minimum absolute atomic E-state index is 0.0457. The van der Waals surface area contributed by atoms with Crippen molar-refractivity contribution >= 4 is 27.5 Å². The van der Waals surface area contributed by atoms with Crippen LogP contribution in [0.4, 0.5) is 5.82 Å². The Morgan fingerprint density at radius 3 is 2.70 bits per heavy atom. The molecule has 0 unspecified atom stereocenters. The van der Waals surface area contributed by atoms with Crippen LogP contribution in [0, 0.1) is 0 Å². The van der Waals surface area contributed by atoms with E-state index >= 15 is 0 Å². The highest BCUT2D eigenvalue weighted by Gasteiger charge is 2.37. The summed E-state index contributed by atoms with van der Waals surface area (Å²) in [6, 6.07) is 9.90. The van der Waals surface area contributed by atoms with Crippen molar-refractivity contribution < 1.29 is 22.4 Å². The highest BCUT2D eigenvalue weighted by Crippen LogP contribution is 2.34. The molecule has 0 saturated heterocycles. The number of carbonyl (C=O) groups is 1. The lowest BCUT2D eigenvalue weighted by atomic mass is 10.1. The summed E-state index contributed by atoms with van der Waals surface area (Å²) in [4.78, 5) is 16.1. The number of hydrogen-bond acceptors (Lipinski definition) is 5. The summed E-state index contributed by atoms with van der Waals surface area (Å²) in [6.07, 6.45) is 1.39. The summed E-state index contributed by atoms with van der Waals surface area (Å²) in [6.45, 7) is -3.23. The third kappa shape index (κ3) is 2.42. The van der Waals surface area contributed by atoms with Crippen LogP contribution in [0.5, 0.6) is 0 Å². The molecule has 118 valence electrons. The zero-order valence-electron chi connectivity index (χ0n) is 14.6. The smallest absolute Gasteiger partial charge is 0.277 e. The summed E-state index contributed by atoms with van der Waals surface area (Å²) < 4.78 is 48.2. The molecule has 2 N–H and O–H groups in total. The fraction of sp³-hybridized carbons (Fsp3) is 0.0667. The fourth-order valence-corrected chi connectivity index (χ4v) is 3.44. The van der Waals surface area contributed by atoms with Crippen LogP contribution in [-0.4, -0.2) is 35.7 Å². The third-order valence-corrected chi connectivity index (χ3v) is 4.78. The van der Waals surface area contributed by atoms with E-state index in [9.17, 15) is 18.3 Å². The molecule has 2 heterocycles. The number of rotatable bonds is 2. The molecule has 0 saturated carbocycles. The van der Waals surface area contributed by atoms with E-state index in [2.05, 4.69) is 10.3 Å². The number of benzene rings is 1. The van der Waals surface area contributed by atoms with Gasteiger partial charge in [0.15, 0.2) is 11.5 Å². The molecule has 2 aromatic rings. The lowest BCUT2D eigenvalue weighted by Crippen LogP contribution is -2.37.